The summed E-state index contributed by atoms with van der Waals surface area (Å²) in [5, 5.41) is 12.0. The Bertz CT molecular complexity index is 485. The minimum absolute atomic E-state index is 0.0823. The molecule has 0 spiro atoms. The SMILES string of the molecule is Cc1ccccc1CNC(=O)C(C)N1CCN(CCO)CC1. The van der Waals surface area contributed by atoms with E-state index in [1.807, 2.05) is 25.1 Å². The lowest BCUT2D eigenvalue weighted by atomic mass is 10.1. The van der Waals surface area contributed by atoms with Gasteiger partial charge < -0.3 is 10.4 Å². The molecule has 0 saturated carbocycles. The van der Waals surface area contributed by atoms with E-state index in [9.17, 15) is 4.79 Å². The number of aryl methyl sites for hydroxylation is 1. The maximum Gasteiger partial charge on any atom is 0.237 e. The normalized spacial score (nSPS) is 18.1. The first-order chi connectivity index (χ1) is 10.6. The lowest BCUT2D eigenvalue weighted by molar-refractivity contribution is -0.126. The summed E-state index contributed by atoms with van der Waals surface area (Å²) in [6, 6.07) is 8.01. The number of amides is 1. The second-order valence-corrected chi connectivity index (χ2v) is 5.92. The summed E-state index contributed by atoms with van der Waals surface area (Å²) in [5.74, 6) is 0.0823. The second-order valence-electron chi connectivity index (χ2n) is 5.92. The van der Waals surface area contributed by atoms with Gasteiger partial charge >= 0.3 is 0 Å². The molecule has 1 aliphatic rings. The largest absolute Gasteiger partial charge is 0.395 e. The lowest BCUT2D eigenvalue weighted by Gasteiger charge is -2.37. The number of nitrogens with one attached hydrogen (secondary N) is 1. The zero-order valence-electron chi connectivity index (χ0n) is 13.6. The van der Waals surface area contributed by atoms with E-state index in [1.165, 1.54) is 5.56 Å². The van der Waals surface area contributed by atoms with Gasteiger partial charge in [-0.15, -0.1) is 0 Å². The number of rotatable bonds is 6. The van der Waals surface area contributed by atoms with Crippen LogP contribution in [0.5, 0.6) is 0 Å². The summed E-state index contributed by atoms with van der Waals surface area (Å²) in [6.45, 7) is 9.11. The molecule has 2 rings (SSSR count). The van der Waals surface area contributed by atoms with Gasteiger partial charge in [-0.05, 0) is 25.0 Å². The summed E-state index contributed by atoms with van der Waals surface area (Å²) in [7, 11) is 0. The fraction of sp³-hybridized carbons (Fsp3) is 0.588. The number of aliphatic hydroxyl groups excluding tert-OH is 1. The molecule has 1 unspecified atom stereocenters. The molecule has 1 aliphatic heterocycles. The zero-order valence-corrected chi connectivity index (χ0v) is 13.6. The van der Waals surface area contributed by atoms with Crippen LogP contribution in [-0.4, -0.2) is 66.2 Å². The van der Waals surface area contributed by atoms with Gasteiger partial charge in [-0.3, -0.25) is 14.6 Å². The molecular weight excluding hydrogens is 278 g/mol. The Labute approximate surface area is 132 Å². The molecule has 1 amide bonds. The molecule has 5 heteroatoms. The summed E-state index contributed by atoms with van der Waals surface area (Å²) in [5.41, 5.74) is 2.36. The highest BCUT2D eigenvalue weighted by Crippen LogP contribution is 2.09. The standard InChI is InChI=1S/C17H27N3O2/c1-14-5-3-4-6-16(14)13-18-17(22)15(2)20-9-7-19(8-10-20)11-12-21/h3-6,15,21H,7-13H2,1-2H3,(H,18,22). The Morgan fingerprint density at radius 2 is 1.95 bits per heavy atom. The molecule has 1 heterocycles. The Morgan fingerprint density at radius 1 is 1.27 bits per heavy atom. The molecule has 1 atom stereocenters. The van der Waals surface area contributed by atoms with Crippen LogP contribution in [0.15, 0.2) is 24.3 Å². The molecule has 122 valence electrons. The number of hydrogen-bond donors (Lipinski definition) is 2. The smallest absolute Gasteiger partial charge is 0.237 e. The first-order valence-corrected chi connectivity index (χ1v) is 8.01. The minimum Gasteiger partial charge on any atom is -0.395 e. The van der Waals surface area contributed by atoms with Crippen molar-refractivity contribution in [3.63, 3.8) is 0 Å². The predicted molar refractivity (Wildman–Crippen MR) is 87.6 cm³/mol. The zero-order chi connectivity index (χ0) is 15.9. The average molecular weight is 305 g/mol. The third kappa shape index (κ3) is 4.53. The average Bonchev–Trinajstić information content (AvgIpc) is 2.54. The van der Waals surface area contributed by atoms with Gasteiger partial charge in [-0.2, -0.15) is 0 Å². The van der Waals surface area contributed by atoms with Crippen molar-refractivity contribution in [3.8, 4) is 0 Å². The fourth-order valence-electron chi connectivity index (χ4n) is 2.82. The van der Waals surface area contributed by atoms with Crippen LogP contribution >= 0.6 is 0 Å². The number of hydrogen-bond acceptors (Lipinski definition) is 4. The molecule has 0 bridgehead atoms. The van der Waals surface area contributed by atoms with Gasteiger partial charge in [0.05, 0.1) is 12.6 Å². The van der Waals surface area contributed by atoms with Gasteiger partial charge in [-0.25, -0.2) is 0 Å². The monoisotopic (exact) mass is 305 g/mol. The maximum absolute atomic E-state index is 12.3. The number of nitrogens with zero attached hydrogens (tertiary/aromatic N) is 2. The predicted octanol–water partition coefficient (Wildman–Crippen LogP) is 0.610. The fourth-order valence-corrected chi connectivity index (χ4v) is 2.82. The number of piperazine rings is 1. The van der Waals surface area contributed by atoms with Crippen LogP contribution in [0.25, 0.3) is 0 Å². The Kier molecular flexibility index (Phi) is 6.36. The van der Waals surface area contributed by atoms with Gasteiger partial charge in [0.2, 0.25) is 5.91 Å². The summed E-state index contributed by atoms with van der Waals surface area (Å²) >= 11 is 0. The molecule has 5 nitrogen and oxygen atoms in total. The maximum atomic E-state index is 12.3. The molecule has 1 aromatic carbocycles. The Balaban J connectivity index is 1.79. The van der Waals surface area contributed by atoms with Crippen molar-refractivity contribution in [2.45, 2.75) is 26.4 Å². The lowest BCUT2D eigenvalue weighted by Crippen LogP contribution is -2.54. The van der Waals surface area contributed by atoms with Crippen molar-refractivity contribution in [1.82, 2.24) is 15.1 Å². The van der Waals surface area contributed by atoms with Crippen LogP contribution in [0.4, 0.5) is 0 Å². The number of aliphatic hydroxyl groups is 1. The van der Waals surface area contributed by atoms with Crippen molar-refractivity contribution < 1.29 is 9.90 Å². The van der Waals surface area contributed by atoms with Crippen molar-refractivity contribution in [3.05, 3.63) is 35.4 Å². The van der Waals surface area contributed by atoms with Crippen molar-refractivity contribution in [2.24, 2.45) is 0 Å². The van der Waals surface area contributed by atoms with Gasteiger partial charge in [0.1, 0.15) is 0 Å². The molecule has 2 N–H and O–H groups in total. The number of carbonyl (C=O) groups is 1. The van der Waals surface area contributed by atoms with Gasteiger partial charge in [0, 0.05) is 39.3 Å². The molecule has 1 aromatic rings. The van der Waals surface area contributed by atoms with Crippen LogP contribution in [0.3, 0.4) is 0 Å². The van der Waals surface area contributed by atoms with E-state index in [0.717, 1.165) is 38.3 Å². The molecule has 0 aliphatic carbocycles. The van der Waals surface area contributed by atoms with Crippen LogP contribution < -0.4 is 5.32 Å². The number of β-amino-alcohol motifs (C(OH)–C–C–N with tert-alkyl or cyclic N) is 1. The van der Waals surface area contributed by atoms with Crippen molar-refractivity contribution in [1.29, 1.82) is 0 Å². The number of benzene rings is 1. The topological polar surface area (TPSA) is 55.8 Å². The molecule has 0 aromatic heterocycles. The summed E-state index contributed by atoms with van der Waals surface area (Å²) in [4.78, 5) is 16.8. The quantitative estimate of drug-likeness (QED) is 0.808. The van der Waals surface area contributed by atoms with E-state index in [-0.39, 0.29) is 18.6 Å². The first kappa shape index (κ1) is 16.9. The first-order valence-electron chi connectivity index (χ1n) is 8.01. The molecule has 1 saturated heterocycles. The Hall–Kier alpha value is -1.43. The molecular formula is C17H27N3O2. The summed E-state index contributed by atoms with van der Waals surface area (Å²) < 4.78 is 0. The summed E-state index contributed by atoms with van der Waals surface area (Å²) in [6.07, 6.45) is 0. The third-order valence-corrected chi connectivity index (χ3v) is 4.46. The van der Waals surface area contributed by atoms with Crippen LogP contribution in [-0.2, 0) is 11.3 Å². The van der Waals surface area contributed by atoms with Crippen molar-refractivity contribution in [2.75, 3.05) is 39.3 Å². The van der Waals surface area contributed by atoms with E-state index >= 15 is 0 Å². The minimum atomic E-state index is -0.111. The third-order valence-electron chi connectivity index (χ3n) is 4.46. The van der Waals surface area contributed by atoms with E-state index < -0.39 is 0 Å². The van der Waals surface area contributed by atoms with Crippen LogP contribution in [0.1, 0.15) is 18.1 Å². The van der Waals surface area contributed by atoms with Crippen LogP contribution in [0.2, 0.25) is 0 Å². The van der Waals surface area contributed by atoms with E-state index in [4.69, 9.17) is 5.11 Å². The van der Waals surface area contributed by atoms with E-state index in [2.05, 4.69) is 28.1 Å². The highest BCUT2D eigenvalue weighted by Gasteiger charge is 2.25. The van der Waals surface area contributed by atoms with Gasteiger partial charge in [0.15, 0.2) is 0 Å². The highest BCUT2D eigenvalue weighted by molar-refractivity contribution is 5.81. The second kappa shape index (κ2) is 8.27. The van der Waals surface area contributed by atoms with Crippen molar-refractivity contribution >= 4 is 5.91 Å². The van der Waals surface area contributed by atoms with Crippen LogP contribution in [0, 0.1) is 6.92 Å². The number of carbonyl (C=O) groups excluding carboxylic acids is 1. The molecule has 22 heavy (non-hydrogen) atoms. The van der Waals surface area contributed by atoms with E-state index in [1.54, 1.807) is 0 Å². The molecule has 1 fully saturated rings. The Morgan fingerprint density at radius 3 is 2.59 bits per heavy atom. The molecule has 0 radical (unpaired) electrons. The van der Waals surface area contributed by atoms with Gasteiger partial charge in [-0.1, -0.05) is 24.3 Å². The van der Waals surface area contributed by atoms with E-state index in [0.29, 0.717) is 6.54 Å². The highest BCUT2D eigenvalue weighted by atomic mass is 16.3. The van der Waals surface area contributed by atoms with Gasteiger partial charge in [0.25, 0.3) is 0 Å².